The molecule has 0 bridgehead atoms. The van der Waals surface area contributed by atoms with Crippen LogP contribution < -0.4 is 4.74 Å². The number of rotatable bonds is 11. The van der Waals surface area contributed by atoms with E-state index < -0.39 is 0 Å². The lowest BCUT2D eigenvalue weighted by molar-refractivity contribution is 0.304. The lowest BCUT2D eigenvalue weighted by Crippen LogP contribution is -1.98. The van der Waals surface area contributed by atoms with Crippen LogP contribution in [0.4, 0.5) is 0 Å². The highest BCUT2D eigenvalue weighted by molar-refractivity contribution is 6.32. The van der Waals surface area contributed by atoms with E-state index in [-0.39, 0.29) is 0 Å². The Balaban J connectivity index is 1.71. The molecule has 0 atom stereocenters. The van der Waals surface area contributed by atoms with E-state index in [1.807, 2.05) is 12.1 Å². The minimum absolute atomic E-state index is 0.692. The zero-order valence-electron chi connectivity index (χ0n) is 15.7. The van der Waals surface area contributed by atoms with Crippen LogP contribution in [0.15, 0.2) is 42.5 Å². The third kappa shape index (κ3) is 7.12. The standard InChI is InChI=1S/C23H31ClO/c1-3-4-5-6-7-8-9-10-17-25-23-16-15-21(18-22(23)24)20-13-11-19(2)12-14-20/h11-16,18H,3-10,17H2,1-2H3. The Bertz CT molecular complexity index is 618. The molecule has 2 heteroatoms. The first kappa shape index (κ1) is 19.8. The van der Waals surface area contributed by atoms with Gasteiger partial charge in [-0.3, -0.25) is 0 Å². The Hall–Kier alpha value is -1.47. The second-order valence-electron chi connectivity index (χ2n) is 6.83. The van der Waals surface area contributed by atoms with Gasteiger partial charge in [-0.1, -0.05) is 99.4 Å². The number of unbranched alkanes of at least 4 members (excludes halogenated alkanes) is 7. The summed E-state index contributed by atoms with van der Waals surface area (Å²) in [6.45, 7) is 5.10. The van der Waals surface area contributed by atoms with Crippen molar-refractivity contribution >= 4 is 11.6 Å². The summed E-state index contributed by atoms with van der Waals surface area (Å²) in [5.41, 5.74) is 3.58. The van der Waals surface area contributed by atoms with Gasteiger partial charge in [-0.05, 0) is 36.6 Å². The van der Waals surface area contributed by atoms with Crippen LogP contribution in [0.25, 0.3) is 11.1 Å². The van der Waals surface area contributed by atoms with Crippen molar-refractivity contribution in [2.75, 3.05) is 6.61 Å². The van der Waals surface area contributed by atoms with Crippen LogP contribution in [-0.2, 0) is 0 Å². The second-order valence-corrected chi connectivity index (χ2v) is 7.24. The van der Waals surface area contributed by atoms with E-state index >= 15 is 0 Å². The zero-order valence-corrected chi connectivity index (χ0v) is 16.4. The molecule has 2 aromatic carbocycles. The highest BCUT2D eigenvalue weighted by Gasteiger charge is 2.05. The summed E-state index contributed by atoms with van der Waals surface area (Å²) in [5.74, 6) is 0.792. The van der Waals surface area contributed by atoms with Crippen LogP contribution in [0.3, 0.4) is 0 Å². The number of aryl methyl sites for hydroxylation is 1. The summed E-state index contributed by atoms with van der Waals surface area (Å²) in [6, 6.07) is 14.6. The average Bonchev–Trinajstić information content (AvgIpc) is 2.62. The van der Waals surface area contributed by atoms with Gasteiger partial charge in [0.05, 0.1) is 11.6 Å². The molecule has 1 nitrogen and oxygen atoms in total. The van der Waals surface area contributed by atoms with Gasteiger partial charge in [-0.2, -0.15) is 0 Å². The highest BCUT2D eigenvalue weighted by Crippen LogP contribution is 2.30. The molecule has 0 saturated heterocycles. The Morgan fingerprint density at radius 2 is 1.36 bits per heavy atom. The van der Waals surface area contributed by atoms with Gasteiger partial charge in [0.2, 0.25) is 0 Å². The molecule has 0 aliphatic heterocycles. The fourth-order valence-electron chi connectivity index (χ4n) is 2.96. The molecule has 0 aromatic heterocycles. The summed E-state index contributed by atoms with van der Waals surface area (Å²) < 4.78 is 5.86. The van der Waals surface area contributed by atoms with E-state index in [9.17, 15) is 0 Å². The van der Waals surface area contributed by atoms with Crippen LogP contribution in [0, 0.1) is 6.92 Å². The number of hydrogen-bond donors (Lipinski definition) is 0. The lowest BCUT2D eigenvalue weighted by Gasteiger charge is -2.10. The predicted molar refractivity (Wildman–Crippen MR) is 110 cm³/mol. The van der Waals surface area contributed by atoms with Crippen molar-refractivity contribution in [2.24, 2.45) is 0 Å². The molecule has 0 N–H and O–H groups in total. The maximum Gasteiger partial charge on any atom is 0.137 e. The van der Waals surface area contributed by atoms with Gasteiger partial charge in [0, 0.05) is 0 Å². The molecule has 2 aromatic rings. The fraction of sp³-hybridized carbons (Fsp3) is 0.478. The van der Waals surface area contributed by atoms with E-state index in [0.29, 0.717) is 5.02 Å². The van der Waals surface area contributed by atoms with Crippen molar-refractivity contribution in [3.63, 3.8) is 0 Å². The maximum atomic E-state index is 6.40. The first-order valence-corrected chi connectivity index (χ1v) is 10.1. The molecule has 0 heterocycles. The monoisotopic (exact) mass is 358 g/mol. The molecule has 25 heavy (non-hydrogen) atoms. The quantitative estimate of drug-likeness (QED) is 0.372. The van der Waals surface area contributed by atoms with E-state index in [4.69, 9.17) is 16.3 Å². The van der Waals surface area contributed by atoms with Gasteiger partial charge in [-0.25, -0.2) is 0 Å². The van der Waals surface area contributed by atoms with Gasteiger partial charge in [0.25, 0.3) is 0 Å². The van der Waals surface area contributed by atoms with Gasteiger partial charge < -0.3 is 4.74 Å². The molecule has 0 aliphatic rings. The van der Waals surface area contributed by atoms with Gasteiger partial charge >= 0.3 is 0 Å². The molecule has 2 rings (SSSR count). The lowest BCUT2D eigenvalue weighted by atomic mass is 10.0. The minimum Gasteiger partial charge on any atom is -0.492 e. The Morgan fingerprint density at radius 1 is 0.760 bits per heavy atom. The molecule has 0 radical (unpaired) electrons. The number of ether oxygens (including phenoxy) is 1. The minimum atomic E-state index is 0.692. The van der Waals surface area contributed by atoms with Crippen molar-refractivity contribution in [1.29, 1.82) is 0 Å². The molecule has 0 fully saturated rings. The first-order chi connectivity index (χ1) is 12.2. The van der Waals surface area contributed by atoms with E-state index in [2.05, 4.69) is 44.2 Å². The SMILES string of the molecule is CCCCCCCCCCOc1ccc(-c2ccc(C)cc2)cc1Cl. The molecule has 0 aliphatic carbocycles. The van der Waals surface area contributed by atoms with Gasteiger partial charge in [0.15, 0.2) is 0 Å². The van der Waals surface area contributed by atoms with E-state index in [1.54, 1.807) is 0 Å². The van der Waals surface area contributed by atoms with Crippen molar-refractivity contribution in [1.82, 2.24) is 0 Å². The summed E-state index contributed by atoms with van der Waals surface area (Å²) in [5, 5.41) is 0.692. The van der Waals surface area contributed by atoms with Crippen molar-refractivity contribution < 1.29 is 4.74 Å². The number of benzene rings is 2. The summed E-state index contributed by atoms with van der Waals surface area (Å²) in [6.07, 6.45) is 10.5. The van der Waals surface area contributed by atoms with Crippen LogP contribution in [0.2, 0.25) is 5.02 Å². The number of hydrogen-bond acceptors (Lipinski definition) is 1. The van der Waals surface area contributed by atoms with Crippen molar-refractivity contribution in [2.45, 2.75) is 65.2 Å². The van der Waals surface area contributed by atoms with Crippen LogP contribution in [0.5, 0.6) is 5.75 Å². The van der Waals surface area contributed by atoms with Gasteiger partial charge in [0.1, 0.15) is 5.75 Å². The smallest absolute Gasteiger partial charge is 0.137 e. The molecule has 0 spiro atoms. The fourth-order valence-corrected chi connectivity index (χ4v) is 3.20. The number of halogens is 1. The Labute approximate surface area is 158 Å². The normalized spacial score (nSPS) is 10.8. The first-order valence-electron chi connectivity index (χ1n) is 9.70. The van der Waals surface area contributed by atoms with Crippen LogP contribution in [-0.4, -0.2) is 6.61 Å². The molecule has 0 amide bonds. The summed E-state index contributed by atoms with van der Waals surface area (Å²) in [7, 11) is 0. The maximum absolute atomic E-state index is 6.40. The predicted octanol–water partition coefficient (Wildman–Crippen LogP) is 7.83. The van der Waals surface area contributed by atoms with Gasteiger partial charge in [-0.15, -0.1) is 0 Å². The third-order valence-electron chi connectivity index (χ3n) is 4.57. The Kier molecular flexibility index (Phi) is 8.90. The average molecular weight is 359 g/mol. The van der Waals surface area contributed by atoms with Crippen molar-refractivity contribution in [3.05, 3.63) is 53.1 Å². The van der Waals surface area contributed by atoms with Crippen molar-refractivity contribution in [3.8, 4) is 16.9 Å². The van der Waals surface area contributed by atoms with E-state index in [0.717, 1.165) is 24.3 Å². The topological polar surface area (TPSA) is 9.23 Å². The third-order valence-corrected chi connectivity index (χ3v) is 4.87. The molecular formula is C23H31ClO. The molecular weight excluding hydrogens is 328 g/mol. The molecule has 136 valence electrons. The van der Waals surface area contributed by atoms with Crippen LogP contribution >= 0.6 is 11.6 Å². The highest BCUT2D eigenvalue weighted by atomic mass is 35.5. The zero-order chi connectivity index (χ0) is 17.9. The van der Waals surface area contributed by atoms with E-state index in [1.165, 1.54) is 56.1 Å². The summed E-state index contributed by atoms with van der Waals surface area (Å²) >= 11 is 6.40. The largest absolute Gasteiger partial charge is 0.492 e. The second kappa shape index (κ2) is 11.2. The Morgan fingerprint density at radius 3 is 2.00 bits per heavy atom. The molecule has 0 saturated carbocycles. The summed E-state index contributed by atoms with van der Waals surface area (Å²) in [4.78, 5) is 0. The van der Waals surface area contributed by atoms with Crippen LogP contribution in [0.1, 0.15) is 63.9 Å². The molecule has 0 unspecified atom stereocenters.